The number of aliphatic hydroxyl groups excluding tert-OH is 1. The molecule has 134 valence electrons. The van der Waals surface area contributed by atoms with Crippen LogP contribution in [0.2, 0.25) is 0 Å². The Morgan fingerprint density at radius 3 is 2.08 bits per heavy atom. The average molecular weight is 343 g/mol. The van der Waals surface area contributed by atoms with Gasteiger partial charge in [-0.2, -0.15) is 0 Å². The van der Waals surface area contributed by atoms with Gasteiger partial charge >= 0.3 is 5.97 Å². The number of carbonyl (C=O) groups is 1. The molecule has 0 saturated heterocycles. The average Bonchev–Trinajstić information content (AvgIpc) is 2.65. The monoisotopic (exact) mass is 343 g/mol. The van der Waals surface area contributed by atoms with Crippen LogP contribution in [-0.4, -0.2) is 48.8 Å². The van der Waals surface area contributed by atoms with Gasteiger partial charge in [0.2, 0.25) is 0 Å². The SMILES string of the molecule is O=C(CN(CCO)CCOCc1ccccc1)OCc1ccccc1. The molecule has 0 aliphatic heterocycles. The van der Waals surface area contributed by atoms with E-state index in [2.05, 4.69) is 0 Å². The van der Waals surface area contributed by atoms with Crippen LogP contribution in [0.25, 0.3) is 0 Å². The van der Waals surface area contributed by atoms with Crippen molar-refractivity contribution >= 4 is 5.97 Å². The maximum Gasteiger partial charge on any atom is 0.320 e. The predicted molar refractivity (Wildman–Crippen MR) is 95.9 cm³/mol. The Morgan fingerprint density at radius 1 is 0.880 bits per heavy atom. The van der Waals surface area contributed by atoms with Crippen LogP contribution in [0.1, 0.15) is 11.1 Å². The van der Waals surface area contributed by atoms with E-state index in [9.17, 15) is 4.79 Å². The van der Waals surface area contributed by atoms with E-state index in [-0.39, 0.29) is 25.7 Å². The molecular formula is C20H25NO4. The predicted octanol–water partition coefficient (Wildman–Crippen LogP) is 2.24. The van der Waals surface area contributed by atoms with Crippen LogP contribution in [0.3, 0.4) is 0 Å². The van der Waals surface area contributed by atoms with Crippen molar-refractivity contribution in [2.75, 3.05) is 32.8 Å². The van der Waals surface area contributed by atoms with E-state index in [1.165, 1.54) is 0 Å². The van der Waals surface area contributed by atoms with Gasteiger partial charge in [-0.15, -0.1) is 0 Å². The topological polar surface area (TPSA) is 59.0 Å². The lowest BCUT2D eigenvalue weighted by atomic mass is 10.2. The van der Waals surface area contributed by atoms with E-state index < -0.39 is 0 Å². The van der Waals surface area contributed by atoms with Gasteiger partial charge in [-0.05, 0) is 11.1 Å². The minimum atomic E-state index is -0.305. The van der Waals surface area contributed by atoms with E-state index >= 15 is 0 Å². The van der Waals surface area contributed by atoms with Crippen molar-refractivity contribution in [3.63, 3.8) is 0 Å². The van der Waals surface area contributed by atoms with E-state index in [0.717, 1.165) is 11.1 Å². The molecule has 0 radical (unpaired) electrons. The third kappa shape index (κ3) is 7.94. The third-order valence-electron chi connectivity index (χ3n) is 3.67. The number of hydrogen-bond donors (Lipinski definition) is 1. The number of rotatable bonds is 11. The molecule has 5 nitrogen and oxygen atoms in total. The summed E-state index contributed by atoms with van der Waals surface area (Å²) in [7, 11) is 0. The van der Waals surface area contributed by atoms with Crippen molar-refractivity contribution in [1.29, 1.82) is 0 Å². The van der Waals surface area contributed by atoms with E-state index in [1.807, 2.05) is 65.6 Å². The quantitative estimate of drug-likeness (QED) is 0.501. The molecule has 0 saturated carbocycles. The first kappa shape index (κ1) is 19.1. The second kappa shape index (κ2) is 11.4. The van der Waals surface area contributed by atoms with Crippen LogP contribution in [0, 0.1) is 0 Å². The molecule has 2 rings (SSSR count). The first-order valence-corrected chi connectivity index (χ1v) is 8.42. The molecule has 0 aliphatic carbocycles. The minimum absolute atomic E-state index is 0.00928. The number of ether oxygens (including phenoxy) is 2. The molecule has 25 heavy (non-hydrogen) atoms. The van der Waals surface area contributed by atoms with E-state index in [0.29, 0.717) is 26.3 Å². The fourth-order valence-corrected chi connectivity index (χ4v) is 2.34. The van der Waals surface area contributed by atoms with Gasteiger partial charge in [0.05, 0.1) is 26.4 Å². The molecule has 0 aliphatic rings. The van der Waals surface area contributed by atoms with Crippen molar-refractivity contribution in [2.45, 2.75) is 13.2 Å². The summed E-state index contributed by atoms with van der Waals surface area (Å²) in [4.78, 5) is 13.8. The normalized spacial score (nSPS) is 10.8. The molecule has 0 bridgehead atoms. The van der Waals surface area contributed by atoms with Crippen molar-refractivity contribution < 1.29 is 19.4 Å². The highest BCUT2D eigenvalue weighted by Gasteiger charge is 2.11. The van der Waals surface area contributed by atoms with Gasteiger partial charge in [-0.25, -0.2) is 0 Å². The first-order valence-electron chi connectivity index (χ1n) is 8.42. The summed E-state index contributed by atoms with van der Waals surface area (Å²) < 4.78 is 10.9. The second-order valence-electron chi connectivity index (χ2n) is 5.68. The van der Waals surface area contributed by atoms with Crippen LogP contribution in [0.5, 0.6) is 0 Å². The van der Waals surface area contributed by atoms with Crippen LogP contribution in [0.4, 0.5) is 0 Å². The van der Waals surface area contributed by atoms with Crippen LogP contribution in [0.15, 0.2) is 60.7 Å². The molecule has 0 spiro atoms. The van der Waals surface area contributed by atoms with Gasteiger partial charge in [0, 0.05) is 13.1 Å². The maximum absolute atomic E-state index is 12.0. The third-order valence-corrected chi connectivity index (χ3v) is 3.67. The Labute approximate surface area is 148 Å². The lowest BCUT2D eigenvalue weighted by molar-refractivity contribution is -0.146. The highest BCUT2D eigenvalue weighted by atomic mass is 16.5. The summed E-state index contributed by atoms with van der Waals surface area (Å²) in [6, 6.07) is 19.5. The standard InChI is InChI=1S/C20H25NO4/c22-13-11-21(12-14-24-16-18-7-3-1-4-8-18)15-20(23)25-17-19-9-5-2-6-10-19/h1-10,22H,11-17H2. The Balaban J connectivity index is 1.67. The largest absolute Gasteiger partial charge is 0.460 e. The molecule has 2 aromatic carbocycles. The number of nitrogens with zero attached hydrogens (tertiary/aromatic N) is 1. The van der Waals surface area contributed by atoms with Gasteiger partial charge in [0.1, 0.15) is 6.61 Å². The zero-order valence-corrected chi connectivity index (χ0v) is 14.3. The summed E-state index contributed by atoms with van der Waals surface area (Å²) in [5.41, 5.74) is 2.06. The van der Waals surface area contributed by atoms with Crippen molar-refractivity contribution in [3.05, 3.63) is 71.8 Å². The van der Waals surface area contributed by atoms with Crippen LogP contribution in [-0.2, 0) is 27.5 Å². The molecule has 0 unspecified atom stereocenters. The molecule has 0 fully saturated rings. The lowest BCUT2D eigenvalue weighted by Crippen LogP contribution is -2.35. The van der Waals surface area contributed by atoms with Gasteiger partial charge in [0.25, 0.3) is 0 Å². The van der Waals surface area contributed by atoms with Crippen molar-refractivity contribution in [3.8, 4) is 0 Å². The summed E-state index contributed by atoms with van der Waals surface area (Å²) in [6.07, 6.45) is 0. The Bertz CT molecular complexity index is 604. The molecule has 2 aromatic rings. The molecule has 0 atom stereocenters. The van der Waals surface area contributed by atoms with E-state index in [4.69, 9.17) is 14.6 Å². The molecule has 0 amide bonds. The number of benzene rings is 2. The number of aliphatic hydroxyl groups is 1. The summed E-state index contributed by atoms with van der Waals surface area (Å²) in [6.45, 7) is 2.39. The van der Waals surface area contributed by atoms with Gasteiger partial charge in [-0.1, -0.05) is 60.7 Å². The second-order valence-corrected chi connectivity index (χ2v) is 5.68. The molecule has 1 N–H and O–H groups in total. The Morgan fingerprint density at radius 2 is 1.48 bits per heavy atom. The summed E-state index contributed by atoms with van der Waals surface area (Å²) >= 11 is 0. The van der Waals surface area contributed by atoms with Crippen LogP contribution < -0.4 is 0 Å². The summed E-state index contributed by atoms with van der Waals surface area (Å²) in [5.74, 6) is -0.305. The number of esters is 1. The first-order chi connectivity index (χ1) is 12.3. The zero-order valence-electron chi connectivity index (χ0n) is 14.3. The summed E-state index contributed by atoms with van der Waals surface area (Å²) in [5, 5.41) is 9.16. The van der Waals surface area contributed by atoms with Gasteiger partial charge in [0.15, 0.2) is 0 Å². The Hall–Kier alpha value is -2.21. The zero-order chi connectivity index (χ0) is 17.7. The number of hydrogen-bond acceptors (Lipinski definition) is 5. The highest BCUT2D eigenvalue weighted by Crippen LogP contribution is 2.02. The van der Waals surface area contributed by atoms with Gasteiger partial charge in [-0.3, -0.25) is 9.69 Å². The lowest BCUT2D eigenvalue weighted by Gasteiger charge is -2.20. The molecule has 0 aromatic heterocycles. The fourth-order valence-electron chi connectivity index (χ4n) is 2.34. The minimum Gasteiger partial charge on any atom is -0.460 e. The molecular weight excluding hydrogens is 318 g/mol. The van der Waals surface area contributed by atoms with Crippen molar-refractivity contribution in [2.24, 2.45) is 0 Å². The molecule has 0 heterocycles. The smallest absolute Gasteiger partial charge is 0.320 e. The highest BCUT2D eigenvalue weighted by molar-refractivity contribution is 5.71. The number of carbonyl (C=O) groups excluding carboxylic acids is 1. The fraction of sp³-hybridized carbons (Fsp3) is 0.350. The molecule has 5 heteroatoms. The van der Waals surface area contributed by atoms with Crippen LogP contribution >= 0.6 is 0 Å². The maximum atomic E-state index is 12.0. The Kier molecular flexibility index (Phi) is 8.69. The van der Waals surface area contributed by atoms with Crippen molar-refractivity contribution in [1.82, 2.24) is 4.90 Å². The van der Waals surface area contributed by atoms with Gasteiger partial charge < -0.3 is 14.6 Å². The van der Waals surface area contributed by atoms with E-state index in [1.54, 1.807) is 0 Å².